The van der Waals surface area contributed by atoms with Crippen LogP contribution in [0.4, 0.5) is 13.2 Å². The fraction of sp³-hybridized carbons (Fsp3) is 0.812. The predicted molar refractivity (Wildman–Crippen MR) is 89.3 cm³/mol. The monoisotopic (exact) mass is 396 g/mol. The van der Waals surface area contributed by atoms with Crippen molar-refractivity contribution in [3.05, 3.63) is 0 Å². The molecule has 10 heteroatoms. The SMILES string of the molecule is CC(C)(C)CC(=O)N1CSCC1C(=O)N1C[C@@H](C(F)(F)F)[C@H](C(=O)O)C1. The predicted octanol–water partition coefficient (Wildman–Crippen LogP) is 2.05. The molecule has 1 N–H and O–H groups in total. The number of carboxylic acid groups (broad SMARTS) is 1. The quantitative estimate of drug-likeness (QED) is 0.790. The van der Waals surface area contributed by atoms with Crippen LogP contribution in [0.5, 0.6) is 0 Å². The first-order valence-electron chi connectivity index (χ1n) is 8.27. The van der Waals surface area contributed by atoms with Crippen molar-refractivity contribution in [3.63, 3.8) is 0 Å². The molecule has 0 aromatic heterocycles. The summed E-state index contributed by atoms with van der Waals surface area (Å²) in [5, 5.41) is 9.07. The van der Waals surface area contributed by atoms with E-state index in [1.54, 1.807) is 0 Å². The molecule has 0 aliphatic carbocycles. The maximum atomic E-state index is 13.1. The fourth-order valence-electron chi connectivity index (χ4n) is 3.22. The number of aliphatic carboxylic acids is 1. The number of carbonyl (C=O) groups excluding carboxylic acids is 2. The summed E-state index contributed by atoms with van der Waals surface area (Å²) in [7, 11) is 0. The topological polar surface area (TPSA) is 77.9 Å². The normalized spacial score (nSPS) is 27.1. The van der Waals surface area contributed by atoms with Crippen LogP contribution in [-0.2, 0) is 14.4 Å². The van der Waals surface area contributed by atoms with Crippen molar-refractivity contribution < 1.29 is 32.7 Å². The average molecular weight is 396 g/mol. The maximum Gasteiger partial charge on any atom is 0.394 e. The zero-order chi connectivity index (χ0) is 19.9. The first-order chi connectivity index (χ1) is 11.8. The molecule has 1 unspecified atom stereocenters. The highest BCUT2D eigenvalue weighted by Gasteiger charge is 2.54. The second kappa shape index (κ2) is 7.28. The van der Waals surface area contributed by atoms with E-state index in [2.05, 4.69) is 0 Å². The Morgan fingerprint density at radius 3 is 2.23 bits per heavy atom. The van der Waals surface area contributed by atoms with E-state index in [4.69, 9.17) is 5.11 Å². The summed E-state index contributed by atoms with van der Waals surface area (Å²) >= 11 is 1.36. The molecule has 148 valence electrons. The minimum atomic E-state index is -4.69. The van der Waals surface area contributed by atoms with E-state index in [1.165, 1.54) is 16.7 Å². The van der Waals surface area contributed by atoms with E-state index >= 15 is 0 Å². The minimum Gasteiger partial charge on any atom is -0.481 e. The number of carbonyl (C=O) groups is 3. The molecule has 26 heavy (non-hydrogen) atoms. The summed E-state index contributed by atoms with van der Waals surface area (Å²) in [6.45, 7) is 4.49. The Labute approximate surface area is 154 Å². The summed E-state index contributed by atoms with van der Waals surface area (Å²) in [4.78, 5) is 38.7. The molecule has 2 aliphatic heterocycles. The van der Waals surface area contributed by atoms with E-state index in [0.717, 1.165) is 4.90 Å². The standard InChI is InChI=1S/C16H23F3N2O4S/c1-15(2,3)4-12(22)21-8-26-7-11(21)13(23)20-5-9(14(24)25)10(6-20)16(17,18)19/h9-11H,4-8H2,1-3H3,(H,24,25)/t9-,10-,11?/m1/s1. The summed E-state index contributed by atoms with van der Waals surface area (Å²) in [5.41, 5.74) is -0.276. The molecule has 2 heterocycles. The number of likely N-dealkylation sites (tertiary alicyclic amines) is 1. The summed E-state index contributed by atoms with van der Waals surface area (Å²) in [6, 6.07) is -0.837. The van der Waals surface area contributed by atoms with Crippen molar-refractivity contribution in [2.45, 2.75) is 39.4 Å². The van der Waals surface area contributed by atoms with Crippen LogP contribution < -0.4 is 0 Å². The third kappa shape index (κ3) is 4.63. The molecule has 2 saturated heterocycles. The smallest absolute Gasteiger partial charge is 0.394 e. The molecule has 0 radical (unpaired) electrons. The number of carboxylic acids is 1. The highest BCUT2D eigenvalue weighted by molar-refractivity contribution is 7.99. The second-order valence-electron chi connectivity index (χ2n) is 7.95. The van der Waals surface area contributed by atoms with Crippen molar-refractivity contribution in [1.29, 1.82) is 0 Å². The van der Waals surface area contributed by atoms with Crippen molar-refractivity contribution in [3.8, 4) is 0 Å². The molecule has 0 bridgehead atoms. The van der Waals surface area contributed by atoms with Gasteiger partial charge in [-0.2, -0.15) is 13.2 Å². The molecule has 2 aliphatic rings. The first-order valence-corrected chi connectivity index (χ1v) is 9.42. The zero-order valence-corrected chi connectivity index (χ0v) is 15.7. The zero-order valence-electron chi connectivity index (χ0n) is 14.9. The lowest BCUT2D eigenvalue weighted by atomic mass is 9.91. The number of amides is 2. The molecule has 0 aromatic rings. The van der Waals surface area contributed by atoms with Gasteiger partial charge in [0.1, 0.15) is 6.04 Å². The van der Waals surface area contributed by atoms with Crippen LogP contribution in [0.2, 0.25) is 0 Å². The molecule has 2 rings (SSSR count). The van der Waals surface area contributed by atoms with Crippen LogP contribution in [0.1, 0.15) is 27.2 Å². The molecule has 2 amide bonds. The van der Waals surface area contributed by atoms with Crippen LogP contribution >= 0.6 is 11.8 Å². The van der Waals surface area contributed by atoms with Gasteiger partial charge < -0.3 is 14.9 Å². The van der Waals surface area contributed by atoms with Gasteiger partial charge >= 0.3 is 12.1 Å². The number of halogens is 3. The summed E-state index contributed by atoms with van der Waals surface area (Å²) in [5.74, 6) is -5.53. The Balaban J connectivity index is 2.12. The number of hydrogen-bond donors (Lipinski definition) is 1. The van der Waals surface area contributed by atoms with Gasteiger partial charge in [0.05, 0.1) is 17.7 Å². The van der Waals surface area contributed by atoms with Gasteiger partial charge in [-0.25, -0.2) is 0 Å². The molecule has 0 aromatic carbocycles. The Bertz CT molecular complexity index is 591. The molecule has 3 atom stereocenters. The molecule has 2 fully saturated rings. The van der Waals surface area contributed by atoms with Crippen LogP contribution in [-0.4, -0.2) is 69.6 Å². The largest absolute Gasteiger partial charge is 0.481 e. The van der Waals surface area contributed by atoms with Gasteiger partial charge in [-0.15, -0.1) is 11.8 Å². The number of nitrogens with zero attached hydrogens (tertiary/aromatic N) is 2. The van der Waals surface area contributed by atoms with Gasteiger partial charge in [0, 0.05) is 25.3 Å². The highest BCUT2D eigenvalue weighted by atomic mass is 32.2. The molecular weight excluding hydrogens is 373 g/mol. The van der Waals surface area contributed by atoms with Crippen molar-refractivity contribution >= 4 is 29.5 Å². The number of alkyl halides is 3. The number of thioether (sulfide) groups is 1. The fourth-order valence-corrected chi connectivity index (χ4v) is 4.40. The number of rotatable bonds is 3. The van der Waals surface area contributed by atoms with Crippen LogP contribution in [0.15, 0.2) is 0 Å². The van der Waals surface area contributed by atoms with Crippen LogP contribution in [0, 0.1) is 17.3 Å². The molecular formula is C16H23F3N2O4S. The van der Waals surface area contributed by atoms with E-state index in [0.29, 0.717) is 11.6 Å². The van der Waals surface area contributed by atoms with Gasteiger partial charge in [-0.3, -0.25) is 14.4 Å². The highest BCUT2D eigenvalue weighted by Crippen LogP contribution is 2.38. The van der Waals surface area contributed by atoms with Gasteiger partial charge in [-0.1, -0.05) is 20.8 Å². The molecule has 0 saturated carbocycles. The van der Waals surface area contributed by atoms with E-state index < -0.39 is 49.0 Å². The van der Waals surface area contributed by atoms with Crippen molar-refractivity contribution in [2.75, 3.05) is 24.7 Å². The summed E-state index contributed by atoms with van der Waals surface area (Å²) in [6.07, 6.45) is -4.47. The Kier molecular flexibility index (Phi) is 5.84. The lowest BCUT2D eigenvalue weighted by Gasteiger charge is -2.29. The van der Waals surface area contributed by atoms with Crippen LogP contribution in [0.25, 0.3) is 0 Å². The Morgan fingerprint density at radius 1 is 1.15 bits per heavy atom. The van der Waals surface area contributed by atoms with E-state index in [-0.39, 0.29) is 17.7 Å². The third-order valence-electron chi connectivity index (χ3n) is 4.54. The lowest BCUT2D eigenvalue weighted by molar-refractivity contribution is -0.188. The molecule has 0 spiro atoms. The first kappa shape index (κ1) is 20.9. The van der Waals surface area contributed by atoms with Gasteiger partial charge in [-0.05, 0) is 5.41 Å². The lowest BCUT2D eigenvalue weighted by Crippen LogP contribution is -2.49. The average Bonchev–Trinajstić information content (AvgIpc) is 3.11. The van der Waals surface area contributed by atoms with Crippen molar-refractivity contribution in [2.24, 2.45) is 17.3 Å². The summed E-state index contributed by atoms with van der Waals surface area (Å²) < 4.78 is 39.3. The maximum absolute atomic E-state index is 13.1. The Morgan fingerprint density at radius 2 is 1.77 bits per heavy atom. The van der Waals surface area contributed by atoms with Crippen LogP contribution in [0.3, 0.4) is 0 Å². The number of hydrogen-bond acceptors (Lipinski definition) is 4. The second-order valence-corrected chi connectivity index (χ2v) is 8.95. The van der Waals surface area contributed by atoms with Crippen molar-refractivity contribution in [1.82, 2.24) is 9.80 Å². The van der Waals surface area contributed by atoms with Gasteiger partial charge in [0.25, 0.3) is 0 Å². The van der Waals surface area contributed by atoms with E-state index in [1.807, 2.05) is 20.8 Å². The van der Waals surface area contributed by atoms with E-state index in [9.17, 15) is 27.6 Å². The van der Waals surface area contributed by atoms with Gasteiger partial charge in [0.2, 0.25) is 11.8 Å². The van der Waals surface area contributed by atoms with Gasteiger partial charge in [0.15, 0.2) is 0 Å². The third-order valence-corrected chi connectivity index (χ3v) is 5.55. The minimum absolute atomic E-state index is 0.220. The Hall–Kier alpha value is -1.45. The molecule has 6 nitrogen and oxygen atoms in total.